The van der Waals surface area contributed by atoms with Crippen molar-refractivity contribution in [1.29, 1.82) is 0 Å². The molecule has 6 nitrogen and oxygen atoms in total. The first-order chi connectivity index (χ1) is 12.1. The van der Waals surface area contributed by atoms with Crippen LogP contribution in [0, 0.1) is 0 Å². The van der Waals surface area contributed by atoms with Crippen molar-refractivity contribution in [3.63, 3.8) is 0 Å². The van der Waals surface area contributed by atoms with E-state index in [-0.39, 0.29) is 12.3 Å². The van der Waals surface area contributed by atoms with E-state index in [4.69, 9.17) is 0 Å². The fraction of sp³-hybridized carbons (Fsp3) is 0.421. The third-order valence-corrected chi connectivity index (χ3v) is 5.25. The van der Waals surface area contributed by atoms with Gasteiger partial charge in [-0.25, -0.2) is 4.79 Å². The van der Waals surface area contributed by atoms with E-state index in [2.05, 4.69) is 5.10 Å². The van der Waals surface area contributed by atoms with Crippen molar-refractivity contribution in [1.82, 2.24) is 14.7 Å². The lowest BCUT2D eigenvalue weighted by molar-refractivity contribution is -0.151. The van der Waals surface area contributed by atoms with Crippen LogP contribution in [0.5, 0.6) is 0 Å². The number of rotatable bonds is 3. The third-order valence-electron chi connectivity index (χ3n) is 5.25. The van der Waals surface area contributed by atoms with Crippen molar-refractivity contribution in [3.8, 4) is 0 Å². The number of carbonyl (C=O) groups is 2. The highest BCUT2D eigenvalue weighted by Crippen LogP contribution is 2.31. The van der Waals surface area contributed by atoms with Crippen LogP contribution in [-0.2, 0) is 35.4 Å². The van der Waals surface area contributed by atoms with Gasteiger partial charge in [0.1, 0.15) is 0 Å². The van der Waals surface area contributed by atoms with Crippen LogP contribution in [0.3, 0.4) is 0 Å². The molecule has 0 saturated heterocycles. The zero-order valence-electron chi connectivity index (χ0n) is 14.0. The van der Waals surface area contributed by atoms with Gasteiger partial charge in [-0.05, 0) is 36.8 Å². The Morgan fingerprint density at radius 1 is 1.16 bits per heavy atom. The van der Waals surface area contributed by atoms with Crippen LogP contribution in [0.4, 0.5) is 0 Å². The molecule has 3 heterocycles. The Labute approximate surface area is 146 Å². The summed E-state index contributed by atoms with van der Waals surface area (Å²) in [7, 11) is 0. The zero-order chi connectivity index (χ0) is 17.4. The Morgan fingerprint density at radius 2 is 2.00 bits per heavy atom. The molecule has 2 aromatic rings. The Kier molecular flexibility index (Phi) is 4.03. The minimum atomic E-state index is -0.975. The van der Waals surface area contributed by atoms with Gasteiger partial charge < -0.3 is 10.0 Å². The number of amides is 1. The van der Waals surface area contributed by atoms with Gasteiger partial charge in [0.25, 0.3) is 0 Å². The molecular formula is C19H21N3O3. The van der Waals surface area contributed by atoms with E-state index in [0.29, 0.717) is 13.0 Å². The molecule has 0 saturated carbocycles. The van der Waals surface area contributed by atoms with Gasteiger partial charge in [0.15, 0.2) is 6.04 Å². The molecule has 0 radical (unpaired) electrons. The minimum absolute atomic E-state index is 0.136. The number of nitrogens with zero attached hydrogens (tertiary/aromatic N) is 3. The van der Waals surface area contributed by atoms with Gasteiger partial charge in [-0.1, -0.05) is 24.3 Å². The highest BCUT2D eigenvalue weighted by atomic mass is 16.4. The van der Waals surface area contributed by atoms with Crippen molar-refractivity contribution in [2.75, 3.05) is 6.54 Å². The second kappa shape index (κ2) is 6.35. The van der Waals surface area contributed by atoms with Gasteiger partial charge in [-0.2, -0.15) is 5.10 Å². The number of hydrogen-bond donors (Lipinski definition) is 1. The van der Waals surface area contributed by atoms with Crippen molar-refractivity contribution in [2.24, 2.45) is 0 Å². The van der Waals surface area contributed by atoms with Crippen LogP contribution in [0.1, 0.15) is 41.3 Å². The molecule has 2 aliphatic heterocycles. The first-order valence-corrected chi connectivity index (χ1v) is 8.79. The van der Waals surface area contributed by atoms with Gasteiger partial charge in [0.2, 0.25) is 5.91 Å². The molecule has 6 heteroatoms. The molecular weight excluding hydrogens is 318 g/mol. The van der Waals surface area contributed by atoms with E-state index in [1.807, 2.05) is 28.9 Å². The maximum atomic E-state index is 12.9. The number of hydrogen-bond acceptors (Lipinski definition) is 3. The van der Waals surface area contributed by atoms with Crippen LogP contribution in [0.15, 0.2) is 30.5 Å². The fourth-order valence-corrected chi connectivity index (χ4v) is 4.00. The summed E-state index contributed by atoms with van der Waals surface area (Å²) >= 11 is 0. The van der Waals surface area contributed by atoms with Crippen LogP contribution in [0.25, 0.3) is 0 Å². The van der Waals surface area contributed by atoms with Gasteiger partial charge in [0.05, 0.1) is 12.6 Å². The smallest absolute Gasteiger partial charge is 0.331 e. The first-order valence-electron chi connectivity index (χ1n) is 8.79. The zero-order valence-corrected chi connectivity index (χ0v) is 14.0. The summed E-state index contributed by atoms with van der Waals surface area (Å²) in [6.07, 6.45) is 5.85. The number of fused-ring (bicyclic) bond motifs is 2. The van der Waals surface area contributed by atoms with Crippen molar-refractivity contribution in [3.05, 3.63) is 52.8 Å². The lowest BCUT2D eigenvalue weighted by Crippen LogP contribution is -2.44. The monoisotopic (exact) mass is 339 g/mol. The number of carboxylic acid groups (broad SMARTS) is 1. The number of carbonyl (C=O) groups excluding carboxylic acids is 1. The topological polar surface area (TPSA) is 75.4 Å². The summed E-state index contributed by atoms with van der Waals surface area (Å²) in [6, 6.07) is 6.60. The molecule has 1 aromatic carbocycles. The minimum Gasteiger partial charge on any atom is -0.479 e. The quantitative estimate of drug-likeness (QED) is 0.928. The summed E-state index contributed by atoms with van der Waals surface area (Å²) in [5, 5.41) is 14.1. The standard InChI is InChI=1S/C19H21N3O3/c23-17(11-14-12-20-22-9-4-3-7-16(14)22)21-10-8-13-5-1-2-6-15(13)18(21)19(24)25/h1-2,5-6,12,18H,3-4,7-11H2,(H,24,25). The van der Waals surface area contributed by atoms with E-state index in [9.17, 15) is 14.7 Å². The summed E-state index contributed by atoms with van der Waals surface area (Å²) in [5.41, 5.74) is 3.81. The normalized spacial score (nSPS) is 19.2. The van der Waals surface area contributed by atoms with Gasteiger partial charge >= 0.3 is 5.97 Å². The number of aromatic nitrogens is 2. The molecule has 1 amide bonds. The van der Waals surface area contributed by atoms with E-state index in [0.717, 1.165) is 48.2 Å². The van der Waals surface area contributed by atoms with Crippen molar-refractivity contribution < 1.29 is 14.7 Å². The number of carboxylic acids is 1. The highest BCUT2D eigenvalue weighted by Gasteiger charge is 2.36. The molecule has 1 atom stereocenters. The molecule has 130 valence electrons. The van der Waals surface area contributed by atoms with Crippen molar-refractivity contribution in [2.45, 2.75) is 44.7 Å². The second-order valence-corrected chi connectivity index (χ2v) is 6.75. The lowest BCUT2D eigenvalue weighted by atomic mass is 9.92. The van der Waals surface area contributed by atoms with Gasteiger partial charge in [-0.15, -0.1) is 0 Å². The van der Waals surface area contributed by atoms with E-state index in [1.54, 1.807) is 6.20 Å². The number of aliphatic carboxylic acids is 1. The number of benzene rings is 1. The number of aryl methyl sites for hydroxylation is 1. The molecule has 25 heavy (non-hydrogen) atoms. The van der Waals surface area contributed by atoms with Crippen LogP contribution < -0.4 is 0 Å². The third kappa shape index (κ3) is 2.81. The highest BCUT2D eigenvalue weighted by molar-refractivity contribution is 5.86. The summed E-state index contributed by atoms with van der Waals surface area (Å²) in [4.78, 5) is 26.3. The Balaban J connectivity index is 1.59. The lowest BCUT2D eigenvalue weighted by Gasteiger charge is -2.35. The van der Waals surface area contributed by atoms with E-state index in [1.165, 1.54) is 4.90 Å². The predicted molar refractivity (Wildman–Crippen MR) is 91.1 cm³/mol. The summed E-state index contributed by atoms with van der Waals surface area (Å²) in [5.74, 6) is -1.11. The molecule has 4 rings (SSSR count). The molecule has 0 fully saturated rings. The molecule has 1 N–H and O–H groups in total. The molecule has 0 spiro atoms. The average molecular weight is 339 g/mol. The van der Waals surface area contributed by atoms with E-state index >= 15 is 0 Å². The molecule has 0 aliphatic carbocycles. The Bertz CT molecular complexity index is 827. The van der Waals surface area contributed by atoms with Crippen LogP contribution >= 0.6 is 0 Å². The Hall–Kier alpha value is -2.63. The molecule has 1 unspecified atom stereocenters. The molecule has 0 bridgehead atoms. The molecule has 2 aliphatic rings. The largest absolute Gasteiger partial charge is 0.479 e. The summed E-state index contributed by atoms with van der Waals surface area (Å²) < 4.78 is 1.98. The predicted octanol–water partition coefficient (Wildman–Crippen LogP) is 1.97. The molecule has 1 aromatic heterocycles. The van der Waals surface area contributed by atoms with Gasteiger partial charge in [-0.3, -0.25) is 9.48 Å². The second-order valence-electron chi connectivity index (χ2n) is 6.75. The maximum Gasteiger partial charge on any atom is 0.331 e. The first kappa shape index (κ1) is 15.9. The SMILES string of the molecule is O=C(O)C1c2ccccc2CCN1C(=O)Cc1cnn2c1CCCC2. The fourth-order valence-electron chi connectivity index (χ4n) is 4.00. The Morgan fingerprint density at radius 3 is 2.84 bits per heavy atom. The maximum absolute atomic E-state index is 12.9. The van der Waals surface area contributed by atoms with Crippen LogP contribution in [0.2, 0.25) is 0 Å². The van der Waals surface area contributed by atoms with E-state index < -0.39 is 12.0 Å². The van der Waals surface area contributed by atoms with Gasteiger partial charge in [0, 0.05) is 24.3 Å². The average Bonchev–Trinajstić information content (AvgIpc) is 3.03. The van der Waals surface area contributed by atoms with Crippen LogP contribution in [-0.4, -0.2) is 38.2 Å². The summed E-state index contributed by atoms with van der Waals surface area (Å²) in [6.45, 7) is 1.34. The van der Waals surface area contributed by atoms with Crippen molar-refractivity contribution >= 4 is 11.9 Å².